The van der Waals surface area contributed by atoms with Gasteiger partial charge in [-0.3, -0.25) is 0 Å². The molecule has 0 atom stereocenters. The van der Waals surface area contributed by atoms with Crippen LogP contribution in [0, 0.1) is 0 Å². The van der Waals surface area contributed by atoms with Crippen LogP contribution in [0.2, 0.25) is 0 Å². The normalized spacial score (nSPS) is 8.00. The number of carboxylic acids is 1. The van der Waals surface area contributed by atoms with Crippen molar-refractivity contribution >= 4 is 11.7 Å². The number of anilines is 1. The van der Waals surface area contributed by atoms with Crippen LogP contribution in [-0.4, -0.2) is 11.1 Å². The number of para-hydroxylation sites is 1. The van der Waals surface area contributed by atoms with Crippen molar-refractivity contribution in [3.8, 4) is 0 Å². The van der Waals surface area contributed by atoms with E-state index in [4.69, 9.17) is 10.8 Å². The van der Waals surface area contributed by atoms with Crippen LogP contribution in [0.3, 0.4) is 0 Å². The summed E-state index contributed by atoms with van der Waals surface area (Å²) in [7, 11) is 0. The Bertz CT molecular complexity index is 297. The molecule has 5 N–H and O–H groups in total. The van der Waals surface area contributed by atoms with Gasteiger partial charge >= 0.3 is 5.97 Å². The van der Waals surface area contributed by atoms with E-state index in [1.807, 2.05) is 0 Å². The molecule has 0 bridgehead atoms. The van der Waals surface area contributed by atoms with Crippen molar-refractivity contribution in [2.75, 3.05) is 5.73 Å². The summed E-state index contributed by atoms with van der Waals surface area (Å²) in [5.41, 5.74) is 10.4. The smallest absolute Gasteiger partial charge is 0.337 e. The maximum absolute atomic E-state index is 10.3. The number of rotatable bonds is 1. The molecular weight excluding hydrogens is 168 g/mol. The topological polar surface area (TPSA) is 89.3 Å². The first-order valence-electron chi connectivity index (χ1n) is 3.54. The molecule has 1 aromatic carbocycles. The van der Waals surface area contributed by atoms with E-state index in [2.05, 4.69) is 12.3 Å². The first kappa shape index (κ1) is 11.0. The molecule has 0 unspecified atom stereocenters. The first-order valence-corrected chi connectivity index (χ1v) is 3.54. The Kier molecular flexibility index (Phi) is 4.79. The fourth-order valence-electron chi connectivity index (χ4n) is 0.692. The molecule has 0 saturated carbocycles. The third-order valence-electron chi connectivity index (χ3n) is 1.19. The lowest BCUT2D eigenvalue weighted by molar-refractivity contribution is 0.0698. The zero-order valence-corrected chi connectivity index (χ0v) is 7.10. The summed E-state index contributed by atoms with van der Waals surface area (Å²) in [5, 5.41) is 8.49. The molecule has 0 amide bonds. The summed E-state index contributed by atoms with van der Waals surface area (Å²) in [6, 6.07) is 6.36. The molecule has 4 nitrogen and oxygen atoms in total. The second kappa shape index (κ2) is 5.65. The van der Waals surface area contributed by atoms with Crippen LogP contribution in [0.15, 0.2) is 37.0 Å². The summed E-state index contributed by atoms with van der Waals surface area (Å²) >= 11 is 0. The molecule has 0 aliphatic heterocycles. The van der Waals surface area contributed by atoms with E-state index in [0.29, 0.717) is 5.69 Å². The minimum atomic E-state index is -0.988. The maximum atomic E-state index is 10.3. The number of hydrogen-bond acceptors (Lipinski definition) is 3. The van der Waals surface area contributed by atoms with Crippen LogP contribution in [-0.2, 0) is 0 Å². The third kappa shape index (κ3) is 3.81. The van der Waals surface area contributed by atoms with E-state index < -0.39 is 5.97 Å². The lowest BCUT2D eigenvalue weighted by Crippen LogP contribution is -2.00. The number of hydrogen-bond donors (Lipinski definition) is 3. The quantitative estimate of drug-likeness (QED) is 0.563. The second-order valence-corrected chi connectivity index (χ2v) is 2.13. The zero-order valence-electron chi connectivity index (χ0n) is 7.10. The van der Waals surface area contributed by atoms with Gasteiger partial charge in [-0.1, -0.05) is 18.7 Å². The largest absolute Gasteiger partial charge is 0.478 e. The number of carbonyl (C=O) groups is 1. The van der Waals surface area contributed by atoms with E-state index >= 15 is 0 Å². The number of carboxylic acid groups (broad SMARTS) is 1. The number of nitrogens with two attached hydrogens (primary N) is 2. The van der Waals surface area contributed by atoms with Crippen LogP contribution >= 0.6 is 0 Å². The van der Waals surface area contributed by atoms with Crippen molar-refractivity contribution < 1.29 is 9.90 Å². The fourth-order valence-corrected chi connectivity index (χ4v) is 0.692. The van der Waals surface area contributed by atoms with Gasteiger partial charge in [-0.05, 0) is 18.3 Å². The molecule has 1 aromatic rings. The summed E-state index contributed by atoms with van der Waals surface area (Å²) in [6.45, 7) is 3.14. The maximum Gasteiger partial charge on any atom is 0.337 e. The first-order chi connectivity index (χ1) is 6.13. The van der Waals surface area contributed by atoms with Crippen LogP contribution < -0.4 is 11.5 Å². The molecule has 0 aliphatic rings. The van der Waals surface area contributed by atoms with Gasteiger partial charge in [0.25, 0.3) is 0 Å². The number of aromatic carboxylic acids is 1. The van der Waals surface area contributed by atoms with E-state index in [-0.39, 0.29) is 5.56 Å². The van der Waals surface area contributed by atoms with Crippen molar-refractivity contribution in [1.82, 2.24) is 0 Å². The average molecular weight is 180 g/mol. The van der Waals surface area contributed by atoms with E-state index in [0.717, 1.165) is 0 Å². The van der Waals surface area contributed by atoms with Gasteiger partial charge in [0.15, 0.2) is 0 Å². The molecule has 1 rings (SSSR count). The summed E-state index contributed by atoms with van der Waals surface area (Å²) < 4.78 is 0. The van der Waals surface area contributed by atoms with Crippen molar-refractivity contribution in [3.63, 3.8) is 0 Å². The zero-order chi connectivity index (χ0) is 10.3. The Morgan fingerprint density at radius 2 is 1.92 bits per heavy atom. The van der Waals surface area contributed by atoms with Gasteiger partial charge in [0.2, 0.25) is 0 Å². The fraction of sp³-hybridized carbons (Fsp3) is 0. The minimum absolute atomic E-state index is 0.155. The minimum Gasteiger partial charge on any atom is -0.478 e. The highest BCUT2D eigenvalue weighted by Gasteiger charge is 2.03. The average Bonchev–Trinajstić information content (AvgIpc) is 2.06. The van der Waals surface area contributed by atoms with Gasteiger partial charge in [0, 0.05) is 5.69 Å². The van der Waals surface area contributed by atoms with Crippen LogP contribution in [0.25, 0.3) is 0 Å². The number of nitrogen functional groups attached to an aromatic ring is 1. The molecule has 0 saturated heterocycles. The SMILES string of the molecule is C=CN.Nc1ccccc1C(=O)O. The van der Waals surface area contributed by atoms with Gasteiger partial charge in [-0.2, -0.15) is 0 Å². The second-order valence-electron chi connectivity index (χ2n) is 2.13. The summed E-state index contributed by atoms with van der Waals surface area (Å²) in [6.07, 6.45) is 1.25. The van der Waals surface area contributed by atoms with Crippen LogP contribution in [0.4, 0.5) is 5.69 Å². The monoisotopic (exact) mass is 180 g/mol. The lowest BCUT2D eigenvalue weighted by atomic mass is 10.2. The molecular formula is C9H12N2O2. The third-order valence-corrected chi connectivity index (χ3v) is 1.19. The summed E-state index contributed by atoms with van der Waals surface area (Å²) in [4.78, 5) is 10.3. The summed E-state index contributed by atoms with van der Waals surface area (Å²) in [5.74, 6) is -0.988. The molecule has 13 heavy (non-hydrogen) atoms. The predicted molar refractivity (Wildman–Crippen MR) is 52.2 cm³/mol. The van der Waals surface area contributed by atoms with Crippen molar-refractivity contribution in [3.05, 3.63) is 42.6 Å². The molecule has 0 fully saturated rings. The Hall–Kier alpha value is -1.97. The van der Waals surface area contributed by atoms with Crippen molar-refractivity contribution in [1.29, 1.82) is 0 Å². The molecule has 0 heterocycles. The highest BCUT2D eigenvalue weighted by Crippen LogP contribution is 2.08. The van der Waals surface area contributed by atoms with Crippen molar-refractivity contribution in [2.24, 2.45) is 5.73 Å². The highest BCUT2D eigenvalue weighted by atomic mass is 16.4. The van der Waals surface area contributed by atoms with Crippen LogP contribution in [0.5, 0.6) is 0 Å². The molecule has 0 radical (unpaired) electrons. The van der Waals surface area contributed by atoms with E-state index in [1.54, 1.807) is 18.2 Å². The van der Waals surface area contributed by atoms with Crippen LogP contribution in [0.1, 0.15) is 10.4 Å². The Morgan fingerprint density at radius 1 is 1.46 bits per heavy atom. The molecule has 0 aliphatic carbocycles. The standard InChI is InChI=1S/C7H7NO2.C2H5N/c8-6-4-2-1-3-5(6)7(9)10;1-2-3/h1-4H,8H2,(H,9,10);2H,1,3H2. The van der Waals surface area contributed by atoms with Crippen molar-refractivity contribution in [2.45, 2.75) is 0 Å². The highest BCUT2D eigenvalue weighted by molar-refractivity contribution is 5.93. The van der Waals surface area contributed by atoms with Gasteiger partial charge in [0.05, 0.1) is 5.56 Å². The van der Waals surface area contributed by atoms with Gasteiger partial charge in [0.1, 0.15) is 0 Å². The van der Waals surface area contributed by atoms with E-state index in [9.17, 15) is 4.79 Å². The van der Waals surface area contributed by atoms with Gasteiger partial charge in [-0.15, -0.1) is 0 Å². The Morgan fingerprint density at radius 3 is 2.23 bits per heavy atom. The van der Waals surface area contributed by atoms with E-state index in [1.165, 1.54) is 12.3 Å². The molecule has 70 valence electrons. The molecule has 0 aromatic heterocycles. The van der Waals surface area contributed by atoms with Gasteiger partial charge < -0.3 is 16.6 Å². The lowest BCUT2D eigenvalue weighted by Gasteiger charge is -1.96. The van der Waals surface area contributed by atoms with Gasteiger partial charge in [-0.25, -0.2) is 4.79 Å². The Labute approximate surface area is 76.5 Å². The molecule has 4 heteroatoms. The number of benzene rings is 1. The molecule has 0 spiro atoms. The Balaban J connectivity index is 0.000000424. The predicted octanol–water partition coefficient (Wildman–Crippen LogP) is 1.06.